The third-order valence-corrected chi connectivity index (χ3v) is 6.19. The van der Waals surface area contributed by atoms with Gasteiger partial charge < -0.3 is 15.7 Å². The van der Waals surface area contributed by atoms with Crippen LogP contribution in [0.1, 0.15) is 54.6 Å². The molecule has 3 N–H and O–H groups in total. The molecule has 1 aromatic carbocycles. The highest BCUT2D eigenvalue weighted by Gasteiger charge is 2.24. The first-order valence-electron chi connectivity index (χ1n) is 10.6. The lowest BCUT2D eigenvalue weighted by atomic mass is 9.98. The topological polar surface area (TPSA) is 105 Å². The third-order valence-electron chi connectivity index (χ3n) is 5.86. The van der Waals surface area contributed by atoms with Crippen molar-refractivity contribution in [2.24, 2.45) is 5.92 Å². The van der Waals surface area contributed by atoms with Crippen molar-refractivity contribution < 1.29 is 14.7 Å². The number of nitrogens with zero attached hydrogens (tertiary/aromatic N) is 2. The Morgan fingerprint density at radius 3 is 2.55 bits per heavy atom. The van der Waals surface area contributed by atoms with Crippen LogP contribution >= 0.6 is 11.6 Å². The SMILES string of the molecule is CNC(=O)Cn1c(C)cn(-c2ccc(Cl)c(C(=O)NC(O)C3CCCCCC3)c2)c1=O. The highest BCUT2D eigenvalue weighted by Crippen LogP contribution is 2.26. The summed E-state index contributed by atoms with van der Waals surface area (Å²) in [7, 11) is 1.51. The van der Waals surface area contributed by atoms with E-state index in [1.165, 1.54) is 22.2 Å². The maximum Gasteiger partial charge on any atom is 0.333 e. The van der Waals surface area contributed by atoms with Crippen LogP contribution in [0.3, 0.4) is 0 Å². The predicted molar refractivity (Wildman–Crippen MR) is 119 cm³/mol. The van der Waals surface area contributed by atoms with Gasteiger partial charge in [0.15, 0.2) is 0 Å². The van der Waals surface area contributed by atoms with Crippen LogP contribution in [0.15, 0.2) is 29.2 Å². The number of hydrogen-bond acceptors (Lipinski definition) is 4. The molecule has 1 heterocycles. The highest BCUT2D eigenvalue weighted by molar-refractivity contribution is 6.33. The Kier molecular flexibility index (Phi) is 7.56. The molecule has 1 aromatic heterocycles. The van der Waals surface area contributed by atoms with Crippen LogP contribution in [0.25, 0.3) is 5.69 Å². The molecule has 1 unspecified atom stereocenters. The smallest absolute Gasteiger partial charge is 0.333 e. The molecule has 8 nitrogen and oxygen atoms in total. The molecule has 0 radical (unpaired) electrons. The van der Waals surface area contributed by atoms with Crippen LogP contribution in [-0.4, -0.2) is 39.3 Å². The number of likely N-dealkylation sites (N-methyl/N-ethyl adjacent to an activating group) is 1. The van der Waals surface area contributed by atoms with Crippen molar-refractivity contribution in [1.82, 2.24) is 19.8 Å². The molecule has 0 spiro atoms. The van der Waals surface area contributed by atoms with E-state index in [9.17, 15) is 19.5 Å². The van der Waals surface area contributed by atoms with Crippen molar-refractivity contribution in [2.45, 2.75) is 58.2 Å². The number of aromatic nitrogens is 2. The largest absolute Gasteiger partial charge is 0.373 e. The Morgan fingerprint density at radius 2 is 1.90 bits per heavy atom. The van der Waals surface area contributed by atoms with E-state index in [0.29, 0.717) is 11.4 Å². The summed E-state index contributed by atoms with van der Waals surface area (Å²) in [6, 6.07) is 4.69. The van der Waals surface area contributed by atoms with Gasteiger partial charge in [-0.2, -0.15) is 0 Å². The fraction of sp³-hybridized carbons (Fsp3) is 0.500. The molecule has 1 atom stereocenters. The number of rotatable bonds is 6. The molecule has 3 rings (SSSR count). The zero-order chi connectivity index (χ0) is 22.5. The van der Waals surface area contributed by atoms with E-state index >= 15 is 0 Å². The summed E-state index contributed by atoms with van der Waals surface area (Å²) in [6.45, 7) is 1.64. The fourth-order valence-corrected chi connectivity index (χ4v) is 4.19. The number of imidazole rings is 1. The molecule has 1 saturated carbocycles. The second-order valence-corrected chi connectivity index (χ2v) is 8.42. The van der Waals surface area contributed by atoms with Crippen LogP contribution in [-0.2, 0) is 11.3 Å². The minimum Gasteiger partial charge on any atom is -0.373 e. The molecule has 0 bridgehead atoms. The predicted octanol–water partition coefficient (Wildman–Crippen LogP) is 2.37. The number of amides is 2. The molecule has 0 aliphatic heterocycles. The van der Waals surface area contributed by atoms with Crippen molar-refractivity contribution in [3.63, 3.8) is 0 Å². The standard InChI is InChI=1S/C22H29ClN4O4/c1-14-12-27(22(31)26(14)13-19(28)24-2)16-9-10-18(23)17(11-16)21(30)25-20(29)15-7-5-3-4-6-8-15/h9-12,15,20,29H,3-8,13H2,1-2H3,(H,24,28)(H,25,30). The van der Waals surface area contributed by atoms with Crippen molar-refractivity contribution in [1.29, 1.82) is 0 Å². The van der Waals surface area contributed by atoms with E-state index < -0.39 is 17.8 Å². The summed E-state index contributed by atoms with van der Waals surface area (Å²) in [5.41, 5.74) is 0.837. The first-order chi connectivity index (χ1) is 14.8. The van der Waals surface area contributed by atoms with Crippen LogP contribution < -0.4 is 16.3 Å². The Bertz CT molecular complexity index is 1010. The lowest BCUT2D eigenvalue weighted by Crippen LogP contribution is -2.40. The molecule has 168 valence electrons. The van der Waals surface area contributed by atoms with Crippen LogP contribution in [0.4, 0.5) is 0 Å². The van der Waals surface area contributed by atoms with E-state index in [1.54, 1.807) is 25.3 Å². The first kappa shape index (κ1) is 23.1. The van der Waals surface area contributed by atoms with Gasteiger partial charge in [-0.3, -0.25) is 18.7 Å². The Hall–Kier alpha value is -2.58. The lowest BCUT2D eigenvalue weighted by Gasteiger charge is -2.22. The van der Waals surface area contributed by atoms with Crippen molar-refractivity contribution in [3.05, 3.63) is 51.2 Å². The van der Waals surface area contributed by atoms with Crippen LogP contribution in [0.5, 0.6) is 0 Å². The second-order valence-electron chi connectivity index (χ2n) is 8.02. The quantitative estimate of drug-likeness (QED) is 0.466. The average molecular weight is 449 g/mol. The molecule has 31 heavy (non-hydrogen) atoms. The third kappa shape index (κ3) is 5.37. The normalized spacial score (nSPS) is 15.9. The molecule has 2 aromatic rings. The minimum atomic E-state index is -0.941. The van der Waals surface area contributed by atoms with Gasteiger partial charge in [-0.1, -0.05) is 37.3 Å². The Labute approximate surface area is 186 Å². The number of carbonyl (C=O) groups excluding carboxylic acids is 2. The first-order valence-corrected chi connectivity index (χ1v) is 11.0. The molecular weight excluding hydrogens is 420 g/mol. The summed E-state index contributed by atoms with van der Waals surface area (Å²) in [6.07, 6.45) is 6.82. The van der Waals surface area contributed by atoms with Crippen molar-refractivity contribution in [3.8, 4) is 5.69 Å². The number of hydrogen-bond donors (Lipinski definition) is 3. The number of carbonyl (C=O) groups is 2. The van der Waals surface area contributed by atoms with E-state index in [2.05, 4.69) is 10.6 Å². The molecule has 1 aliphatic rings. The van der Waals surface area contributed by atoms with Gasteiger partial charge in [0.25, 0.3) is 5.91 Å². The molecule has 2 amide bonds. The van der Waals surface area contributed by atoms with E-state index in [1.807, 2.05) is 0 Å². The summed E-state index contributed by atoms with van der Waals surface area (Å²) in [4.78, 5) is 37.3. The van der Waals surface area contributed by atoms with Gasteiger partial charge in [0.2, 0.25) is 5.91 Å². The van der Waals surface area contributed by atoms with E-state index in [0.717, 1.165) is 38.5 Å². The van der Waals surface area contributed by atoms with Gasteiger partial charge in [-0.05, 0) is 38.0 Å². The van der Waals surface area contributed by atoms with Gasteiger partial charge in [0.1, 0.15) is 12.8 Å². The average Bonchev–Trinajstić information content (AvgIpc) is 2.94. The van der Waals surface area contributed by atoms with Gasteiger partial charge >= 0.3 is 5.69 Å². The lowest BCUT2D eigenvalue weighted by molar-refractivity contribution is -0.121. The maximum atomic E-state index is 12.8. The summed E-state index contributed by atoms with van der Waals surface area (Å²) >= 11 is 6.25. The fourth-order valence-electron chi connectivity index (χ4n) is 3.99. The maximum absolute atomic E-state index is 12.8. The number of benzene rings is 1. The molecule has 9 heteroatoms. The van der Waals surface area contributed by atoms with Crippen LogP contribution in [0.2, 0.25) is 5.02 Å². The summed E-state index contributed by atoms with van der Waals surface area (Å²) in [5, 5.41) is 15.9. The van der Waals surface area contributed by atoms with Crippen molar-refractivity contribution >= 4 is 23.4 Å². The summed E-state index contributed by atoms with van der Waals surface area (Å²) < 4.78 is 2.72. The second kappa shape index (κ2) is 10.2. The van der Waals surface area contributed by atoms with Gasteiger partial charge in [0, 0.05) is 24.9 Å². The highest BCUT2D eigenvalue weighted by atomic mass is 35.5. The molecule has 1 aliphatic carbocycles. The molecule has 1 fully saturated rings. The van der Waals surface area contributed by atoms with Gasteiger partial charge in [-0.15, -0.1) is 0 Å². The van der Waals surface area contributed by atoms with E-state index in [4.69, 9.17) is 11.6 Å². The summed E-state index contributed by atoms with van der Waals surface area (Å²) in [5.74, 6) is -0.748. The number of halogens is 1. The van der Waals surface area contributed by atoms with Crippen LogP contribution in [0, 0.1) is 12.8 Å². The van der Waals surface area contributed by atoms with Crippen molar-refractivity contribution in [2.75, 3.05) is 7.05 Å². The molecular formula is C22H29ClN4O4. The van der Waals surface area contributed by atoms with Gasteiger partial charge in [-0.25, -0.2) is 4.79 Å². The number of nitrogens with one attached hydrogen (secondary N) is 2. The zero-order valence-electron chi connectivity index (χ0n) is 17.9. The van der Waals surface area contributed by atoms with Gasteiger partial charge in [0.05, 0.1) is 16.3 Å². The number of aliphatic hydroxyl groups is 1. The minimum absolute atomic E-state index is 0.0254. The Balaban J connectivity index is 1.83. The Morgan fingerprint density at radius 1 is 1.23 bits per heavy atom. The van der Waals surface area contributed by atoms with E-state index in [-0.39, 0.29) is 29.0 Å². The molecule has 0 saturated heterocycles. The number of aryl methyl sites for hydroxylation is 1. The monoisotopic (exact) mass is 448 g/mol. The zero-order valence-corrected chi connectivity index (χ0v) is 18.6. The number of aliphatic hydroxyl groups excluding tert-OH is 1.